The maximum atomic E-state index is 10.9. The average Bonchev–Trinajstić information content (AvgIpc) is 2.65. The second kappa shape index (κ2) is 5.02. The lowest BCUT2D eigenvalue weighted by atomic mass is 9.81. The first-order valence-electron chi connectivity index (χ1n) is 8.55. The monoisotopic (exact) mass is 346 g/mol. The van der Waals surface area contributed by atoms with Gasteiger partial charge in [0.1, 0.15) is 22.8 Å². The van der Waals surface area contributed by atoms with Crippen LogP contribution in [-0.2, 0) is 11.4 Å². The minimum Gasteiger partial charge on any atom is -0.496 e. The van der Waals surface area contributed by atoms with Crippen LogP contribution in [0.4, 0.5) is 0 Å². The maximum Gasteiger partial charge on any atom is 0.298 e. The van der Waals surface area contributed by atoms with Crippen LogP contribution in [0.3, 0.4) is 0 Å². The second-order valence-corrected chi connectivity index (χ2v) is 6.85. The summed E-state index contributed by atoms with van der Waals surface area (Å²) in [7, 11) is 1.59. The Kier molecular flexibility index (Phi) is 2.95. The maximum absolute atomic E-state index is 10.9. The molecule has 0 radical (unpaired) electrons. The van der Waals surface area contributed by atoms with Crippen molar-refractivity contribution in [3.8, 4) is 17.2 Å². The number of fused-ring (bicyclic) bond motifs is 2. The quantitative estimate of drug-likeness (QED) is 0.669. The third-order valence-electron chi connectivity index (χ3n) is 5.11. The van der Waals surface area contributed by atoms with Gasteiger partial charge in [-0.1, -0.05) is 36.4 Å². The van der Waals surface area contributed by atoms with Crippen LogP contribution in [0.2, 0.25) is 0 Å². The summed E-state index contributed by atoms with van der Waals surface area (Å²) in [6.07, 6.45) is 3.48. The first-order chi connectivity index (χ1) is 12.5. The van der Waals surface area contributed by atoms with Gasteiger partial charge in [-0.05, 0) is 36.6 Å². The molecule has 0 amide bonds. The Morgan fingerprint density at radius 3 is 2.19 bits per heavy atom. The number of aliphatic hydroxyl groups is 1. The zero-order valence-corrected chi connectivity index (χ0v) is 14.5. The van der Waals surface area contributed by atoms with E-state index < -0.39 is 11.4 Å². The van der Waals surface area contributed by atoms with Gasteiger partial charge >= 0.3 is 0 Å². The molecule has 0 fully saturated rings. The van der Waals surface area contributed by atoms with Crippen molar-refractivity contribution in [3.05, 3.63) is 77.9 Å². The van der Waals surface area contributed by atoms with E-state index in [1.807, 2.05) is 54.6 Å². The van der Waals surface area contributed by atoms with E-state index in [0.717, 1.165) is 27.8 Å². The molecule has 0 bridgehead atoms. The number of ether oxygens (including phenoxy) is 3. The highest BCUT2D eigenvalue weighted by Crippen LogP contribution is 2.51. The standard InChI is InChI=1S/C22H18O4/c1-21(23)12-13-22(15-8-5-11-18(24-2)20(15)21)25-16-9-3-6-14-7-4-10-17(26-22)19(14)16/h3-13,23H,1-2H3. The fraction of sp³-hybridized carbons (Fsp3) is 0.182. The molecule has 26 heavy (non-hydrogen) atoms. The Morgan fingerprint density at radius 1 is 0.885 bits per heavy atom. The summed E-state index contributed by atoms with van der Waals surface area (Å²) in [6.45, 7) is 1.73. The summed E-state index contributed by atoms with van der Waals surface area (Å²) >= 11 is 0. The van der Waals surface area contributed by atoms with E-state index in [1.54, 1.807) is 26.2 Å². The fourth-order valence-corrected chi connectivity index (χ4v) is 3.93. The van der Waals surface area contributed by atoms with Crippen molar-refractivity contribution in [2.75, 3.05) is 7.11 Å². The average molecular weight is 346 g/mol. The van der Waals surface area contributed by atoms with E-state index in [0.29, 0.717) is 11.3 Å². The van der Waals surface area contributed by atoms with E-state index in [1.165, 1.54) is 0 Å². The SMILES string of the molecule is COc1cccc2c1C(C)(O)C=CC21Oc2cccc3cccc(c23)O1. The summed E-state index contributed by atoms with van der Waals surface area (Å²) in [5.74, 6) is 0.962. The summed E-state index contributed by atoms with van der Waals surface area (Å²) in [6, 6.07) is 17.5. The topological polar surface area (TPSA) is 47.9 Å². The van der Waals surface area contributed by atoms with Crippen LogP contribution >= 0.6 is 0 Å². The largest absolute Gasteiger partial charge is 0.496 e. The van der Waals surface area contributed by atoms with Gasteiger partial charge in [0.2, 0.25) is 0 Å². The molecule has 3 aromatic carbocycles. The van der Waals surface area contributed by atoms with Gasteiger partial charge in [0, 0.05) is 11.6 Å². The molecule has 3 aromatic rings. The molecule has 1 unspecified atom stereocenters. The van der Waals surface area contributed by atoms with Crippen molar-refractivity contribution in [1.82, 2.24) is 0 Å². The summed E-state index contributed by atoms with van der Waals surface area (Å²) in [5, 5.41) is 12.9. The third-order valence-corrected chi connectivity index (χ3v) is 5.11. The first-order valence-corrected chi connectivity index (χ1v) is 8.55. The van der Waals surface area contributed by atoms with Crippen LogP contribution in [0, 0.1) is 0 Å². The lowest BCUT2D eigenvalue weighted by molar-refractivity contribution is -0.0909. The third kappa shape index (κ3) is 1.93. The molecule has 5 rings (SSSR count). The molecule has 0 saturated heterocycles. The minimum atomic E-state index is -1.18. The lowest BCUT2D eigenvalue weighted by Gasteiger charge is -2.42. The molecule has 1 aliphatic carbocycles. The van der Waals surface area contributed by atoms with Crippen LogP contribution in [0.15, 0.2) is 66.7 Å². The molecule has 1 N–H and O–H groups in total. The highest BCUT2D eigenvalue weighted by atomic mass is 16.7. The predicted molar refractivity (Wildman–Crippen MR) is 98.6 cm³/mol. The van der Waals surface area contributed by atoms with E-state index in [4.69, 9.17) is 14.2 Å². The van der Waals surface area contributed by atoms with E-state index in [9.17, 15) is 5.11 Å². The molecule has 2 aliphatic rings. The van der Waals surface area contributed by atoms with Crippen LogP contribution < -0.4 is 14.2 Å². The highest BCUT2D eigenvalue weighted by molar-refractivity contribution is 5.94. The highest BCUT2D eigenvalue weighted by Gasteiger charge is 2.47. The van der Waals surface area contributed by atoms with Gasteiger partial charge in [-0.25, -0.2) is 0 Å². The molecule has 4 heteroatoms. The smallest absolute Gasteiger partial charge is 0.298 e. The number of methoxy groups -OCH3 is 1. The van der Waals surface area contributed by atoms with E-state index in [2.05, 4.69) is 0 Å². The Hall–Kier alpha value is -2.98. The van der Waals surface area contributed by atoms with Crippen molar-refractivity contribution < 1.29 is 19.3 Å². The fourth-order valence-electron chi connectivity index (χ4n) is 3.93. The first kappa shape index (κ1) is 15.3. The number of benzene rings is 3. The van der Waals surface area contributed by atoms with Gasteiger partial charge in [0.25, 0.3) is 5.79 Å². The molecule has 130 valence electrons. The van der Waals surface area contributed by atoms with Crippen LogP contribution in [0.25, 0.3) is 10.8 Å². The minimum absolute atomic E-state index is 0.598. The second-order valence-electron chi connectivity index (χ2n) is 6.85. The molecule has 1 heterocycles. The Morgan fingerprint density at radius 2 is 1.54 bits per heavy atom. The molecule has 1 spiro atoms. The lowest BCUT2D eigenvalue weighted by Crippen LogP contribution is -2.45. The number of hydrogen-bond donors (Lipinski definition) is 1. The molecule has 0 saturated carbocycles. The van der Waals surface area contributed by atoms with Crippen molar-refractivity contribution in [2.45, 2.75) is 18.3 Å². The van der Waals surface area contributed by atoms with Gasteiger partial charge in [-0.2, -0.15) is 0 Å². The van der Waals surface area contributed by atoms with Gasteiger partial charge in [0.05, 0.1) is 18.1 Å². The van der Waals surface area contributed by atoms with Crippen LogP contribution in [0.5, 0.6) is 17.2 Å². The summed E-state index contributed by atoms with van der Waals surface area (Å²) in [4.78, 5) is 0. The summed E-state index contributed by atoms with van der Waals surface area (Å²) < 4.78 is 18.3. The summed E-state index contributed by atoms with van der Waals surface area (Å²) in [5.41, 5.74) is 0.204. The Bertz CT molecular complexity index is 1020. The number of rotatable bonds is 1. The van der Waals surface area contributed by atoms with Crippen LogP contribution in [0.1, 0.15) is 18.1 Å². The van der Waals surface area contributed by atoms with Crippen molar-refractivity contribution in [3.63, 3.8) is 0 Å². The zero-order chi connectivity index (χ0) is 17.9. The predicted octanol–water partition coefficient (Wildman–Crippen LogP) is 4.25. The zero-order valence-electron chi connectivity index (χ0n) is 14.5. The van der Waals surface area contributed by atoms with Gasteiger partial charge in [-0.3, -0.25) is 0 Å². The van der Waals surface area contributed by atoms with Crippen molar-refractivity contribution >= 4 is 10.8 Å². The Labute approximate surface area is 151 Å². The van der Waals surface area contributed by atoms with Crippen molar-refractivity contribution in [1.29, 1.82) is 0 Å². The molecule has 4 nitrogen and oxygen atoms in total. The van der Waals surface area contributed by atoms with Gasteiger partial charge in [-0.15, -0.1) is 0 Å². The van der Waals surface area contributed by atoms with E-state index in [-0.39, 0.29) is 0 Å². The normalized spacial score (nSPS) is 21.8. The van der Waals surface area contributed by atoms with Crippen LogP contribution in [-0.4, -0.2) is 12.2 Å². The molecular formula is C22H18O4. The molecule has 0 aromatic heterocycles. The van der Waals surface area contributed by atoms with E-state index >= 15 is 0 Å². The molecule has 1 aliphatic heterocycles. The van der Waals surface area contributed by atoms with Crippen molar-refractivity contribution in [2.24, 2.45) is 0 Å². The molecular weight excluding hydrogens is 328 g/mol. The van der Waals surface area contributed by atoms with Gasteiger partial charge in [0.15, 0.2) is 0 Å². The van der Waals surface area contributed by atoms with Gasteiger partial charge < -0.3 is 19.3 Å². The molecule has 1 atom stereocenters. The Balaban J connectivity index is 1.78. The number of hydrogen-bond acceptors (Lipinski definition) is 4.